The standard InChI is InChI=1S/C21H25N3O4/c1-4-22-21(27)23-19(25)18(15-8-6-5-7-9-15)28-20(26)17-12-13(2)24(14(17)3)16-10-11-16/h5-9,12,16,18H,4,10-11H2,1-3H3,(H2,22,23,25,27)/t18-/m1/s1. The smallest absolute Gasteiger partial charge is 0.341 e. The van der Waals surface area contributed by atoms with Crippen LogP contribution >= 0.6 is 0 Å². The van der Waals surface area contributed by atoms with Gasteiger partial charge in [-0.3, -0.25) is 10.1 Å². The van der Waals surface area contributed by atoms with Crippen molar-refractivity contribution >= 4 is 17.9 Å². The van der Waals surface area contributed by atoms with Crippen LogP contribution in [-0.2, 0) is 9.53 Å². The Morgan fingerprint density at radius 1 is 1.18 bits per heavy atom. The second kappa shape index (κ2) is 8.29. The lowest BCUT2D eigenvalue weighted by Crippen LogP contribution is -2.42. The van der Waals surface area contributed by atoms with Gasteiger partial charge in [-0.25, -0.2) is 9.59 Å². The number of amides is 3. The second-order valence-corrected chi connectivity index (χ2v) is 6.93. The van der Waals surface area contributed by atoms with Gasteiger partial charge in [0.05, 0.1) is 5.56 Å². The van der Waals surface area contributed by atoms with Crippen LogP contribution in [0.5, 0.6) is 0 Å². The summed E-state index contributed by atoms with van der Waals surface area (Å²) in [4.78, 5) is 37.2. The number of benzene rings is 1. The fourth-order valence-electron chi connectivity index (χ4n) is 3.33. The summed E-state index contributed by atoms with van der Waals surface area (Å²) >= 11 is 0. The number of ether oxygens (including phenoxy) is 1. The molecule has 1 aliphatic carbocycles. The van der Waals surface area contributed by atoms with Gasteiger partial charge in [-0.1, -0.05) is 30.3 Å². The van der Waals surface area contributed by atoms with Gasteiger partial charge in [0.1, 0.15) is 0 Å². The average Bonchev–Trinajstić information content (AvgIpc) is 3.45. The molecule has 1 saturated carbocycles. The lowest BCUT2D eigenvalue weighted by molar-refractivity contribution is -0.129. The molecule has 1 aromatic heterocycles. The van der Waals surface area contributed by atoms with E-state index in [1.165, 1.54) is 0 Å². The molecule has 1 aromatic carbocycles. The zero-order valence-electron chi connectivity index (χ0n) is 16.3. The van der Waals surface area contributed by atoms with Crippen molar-refractivity contribution in [1.82, 2.24) is 15.2 Å². The molecular formula is C21H25N3O4. The molecule has 7 heteroatoms. The fourth-order valence-corrected chi connectivity index (χ4v) is 3.33. The molecule has 0 saturated heterocycles. The summed E-state index contributed by atoms with van der Waals surface area (Å²) in [6.45, 7) is 5.96. The third kappa shape index (κ3) is 4.24. The molecule has 0 unspecified atom stereocenters. The molecule has 1 heterocycles. The van der Waals surface area contributed by atoms with Gasteiger partial charge in [-0.05, 0) is 39.7 Å². The van der Waals surface area contributed by atoms with E-state index >= 15 is 0 Å². The van der Waals surface area contributed by atoms with Crippen LogP contribution in [0.1, 0.15) is 59.2 Å². The van der Waals surface area contributed by atoms with Crippen LogP contribution in [0.4, 0.5) is 4.79 Å². The van der Waals surface area contributed by atoms with Gasteiger partial charge in [0, 0.05) is 29.5 Å². The van der Waals surface area contributed by atoms with E-state index in [-0.39, 0.29) is 0 Å². The summed E-state index contributed by atoms with van der Waals surface area (Å²) in [6, 6.07) is 10.3. The maximum atomic E-state index is 12.9. The van der Waals surface area contributed by atoms with Crippen molar-refractivity contribution in [1.29, 1.82) is 0 Å². The Hall–Kier alpha value is -3.09. The Balaban J connectivity index is 1.83. The second-order valence-electron chi connectivity index (χ2n) is 6.93. The molecule has 2 N–H and O–H groups in total. The van der Waals surface area contributed by atoms with E-state index in [9.17, 15) is 14.4 Å². The molecule has 0 aliphatic heterocycles. The van der Waals surface area contributed by atoms with Gasteiger partial charge in [0.25, 0.3) is 5.91 Å². The zero-order chi connectivity index (χ0) is 20.3. The predicted octanol–water partition coefficient (Wildman–Crippen LogP) is 3.18. The number of carbonyl (C=O) groups excluding carboxylic acids is 3. The van der Waals surface area contributed by atoms with Gasteiger partial charge in [-0.2, -0.15) is 0 Å². The van der Waals surface area contributed by atoms with E-state index in [2.05, 4.69) is 15.2 Å². The highest BCUT2D eigenvalue weighted by Gasteiger charge is 2.31. The van der Waals surface area contributed by atoms with E-state index in [1.54, 1.807) is 43.3 Å². The van der Waals surface area contributed by atoms with E-state index in [0.717, 1.165) is 24.2 Å². The normalized spacial score (nSPS) is 14.2. The highest BCUT2D eigenvalue weighted by molar-refractivity contribution is 5.99. The first-order valence-corrected chi connectivity index (χ1v) is 9.45. The maximum absolute atomic E-state index is 12.9. The molecule has 0 bridgehead atoms. The Morgan fingerprint density at radius 2 is 1.86 bits per heavy atom. The van der Waals surface area contributed by atoms with Crippen molar-refractivity contribution in [2.24, 2.45) is 0 Å². The van der Waals surface area contributed by atoms with E-state index in [0.29, 0.717) is 23.7 Å². The van der Waals surface area contributed by atoms with Crippen molar-refractivity contribution < 1.29 is 19.1 Å². The highest BCUT2D eigenvalue weighted by Crippen LogP contribution is 2.38. The number of carbonyl (C=O) groups is 3. The number of aromatic nitrogens is 1. The molecule has 1 atom stereocenters. The monoisotopic (exact) mass is 383 g/mol. The van der Waals surface area contributed by atoms with Gasteiger partial charge < -0.3 is 14.6 Å². The van der Waals surface area contributed by atoms with Crippen molar-refractivity contribution in [3.8, 4) is 0 Å². The lowest BCUT2D eigenvalue weighted by atomic mass is 10.1. The molecule has 0 radical (unpaired) electrons. The molecule has 28 heavy (non-hydrogen) atoms. The number of hydrogen-bond donors (Lipinski definition) is 2. The van der Waals surface area contributed by atoms with E-state index < -0.39 is 24.0 Å². The number of imide groups is 1. The molecule has 2 aromatic rings. The van der Waals surface area contributed by atoms with Crippen molar-refractivity contribution in [3.05, 3.63) is 58.9 Å². The van der Waals surface area contributed by atoms with Crippen LogP contribution in [0.25, 0.3) is 0 Å². The molecule has 0 spiro atoms. The number of esters is 1. The molecule has 1 aliphatic rings. The summed E-state index contributed by atoms with van der Waals surface area (Å²) in [7, 11) is 0. The number of aryl methyl sites for hydroxylation is 1. The van der Waals surface area contributed by atoms with Crippen molar-refractivity contribution in [3.63, 3.8) is 0 Å². The fraction of sp³-hybridized carbons (Fsp3) is 0.381. The van der Waals surface area contributed by atoms with Crippen molar-refractivity contribution in [2.75, 3.05) is 6.54 Å². The molecule has 3 rings (SSSR count). The number of hydrogen-bond acceptors (Lipinski definition) is 4. The minimum absolute atomic E-state index is 0.377. The zero-order valence-corrected chi connectivity index (χ0v) is 16.3. The molecule has 7 nitrogen and oxygen atoms in total. The Kier molecular flexibility index (Phi) is 5.82. The van der Waals surface area contributed by atoms with Gasteiger partial charge >= 0.3 is 12.0 Å². The van der Waals surface area contributed by atoms with Crippen LogP contribution in [0, 0.1) is 13.8 Å². The topological polar surface area (TPSA) is 89.4 Å². The largest absolute Gasteiger partial charge is 0.444 e. The number of urea groups is 1. The Morgan fingerprint density at radius 3 is 2.46 bits per heavy atom. The third-order valence-corrected chi connectivity index (χ3v) is 4.76. The van der Waals surface area contributed by atoms with E-state index in [4.69, 9.17) is 4.74 Å². The molecular weight excluding hydrogens is 358 g/mol. The summed E-state index contributed by atoms with van der Waals surface area (Å²) in [5.74, 6) is -1.28. The first-order chi connectivity index (χ1) is 13.4. The quantitative estimate of drug-likeness (QED) is 0.750. The van der Waals surface area contributed by atoms with Crippen LogP contribution in [0.2, 0.25) is 0 Å². The summed E-state index contributed by atoms with van der Waals surface area (Å²) < 4.78 is 7.71. The lowest BCUT2D eigenvalue weighted by Gasteiger charge is -2.18. The number of nitrogens with one attached hydrogen (secondary N) is 2. The van der Waals surface area contributed by atoms with Gasteiger partial charge in [-0.15, -0.1) is 0 Å². The van der Waals surface area contributed by atoms with Crippen molar-refractivity contribution in [2.45, 2.75) is 45.8 Å². The maximum Gasteiger partial charge on any atom is 0.341 e. The summed E-state index contributed by atoms with van der Waals surface area (Å²) in [5, 5.41) is 4.72. The third-order valence-electron chi connectivity index (χ3n) is 4.76. The van der Waals surface area contributed by atoms with Crippen LogP contribution in [0.3, 0.4) is 0 Å². The first-order valence-electron chi connectivity index (χ1n) is 9.45. The van der Waals surface area contributed by atoms with E-state index in [1.807, 2.05) is 13.8 Å². The number of nitrogens with zero attached hydrogens (tertiary/aromatic N) is 1. The molecule has 3 amide bonds. The molecule has 1 fully saturated rings. The average molecular weight is 383 g/mol. The van der Waals surface area contributed by atoms with Gasteiger partial charge in [0.2, 0.25) is 6.10 Å². The summed E-state index contributed by atoms with van der Waals surface area (Å²) in [5.41, 5.74) is 2.76. The minimum Gasteiger partial charge on any atom is -0.444 e. The number of rotatable bonds is 6. The highest BCUT2D eigenvalue weighted by atomic mass is 16.5. The van der Waals surface area contributed by atoms with Crippen LogP contribution < -0.4 is 10.6 Å². The summed E-state index contributed by atoms with van der Waals surface area (Å²) in [6.07, 6.45) is 0.985. The van der Waals surface area contributed by atoms with Crippen LogP contribution in [-0.4, -0.2) is 29.0 Å². The minimum atomic E-state index is -1.22. The molecule has 148 valence electrons. The van der Waals surface area contributed by atoms with Gasteiger partial charge in [0.15, 0.2) is 0 Å². The van der Waals surface area contributed by atoms with Crippen LogP contribution in [0.15, 0.2) is 36.4 Å². The predicted molar refractivity (Wildman–Crippen MR) is 104 cm³/mol. The SMILES string of the molecule is CCNC(=O)NC(=O)[C@H](OC(=O)c1cc(C)n(C2CC2)c1C)c1ccccc1. The Bertz CT molecular complexity index is 885. The first kappa shape index (κ1) is 19.7. The Labute approximate surface area is 164 Å².